The molecule has 0 saturated carbocycles. The van der Waals surface area contributed by atoms with Crippen molar-refractivity contribution in [2.45, 2.75) is 42.1 Å². The molecule has 2 heterocycles. The van der Waals surface area contributed by atoms with Gasteiger partial charge in [-0.1, -0.05) is 6.92 Å². The molecular weight excluding hydrogens is 324 g/mol. The van der Waals surface area contributed by atoms with Crippen LogP contribution in [0.5, 0.6) is 0 Å². The van der Waals surface area contributed by atoms with E-state index in [9.17, 15) is 8.42 Å². The molecule has 1 aliphatic heterocycles. The van der Waals surface area contributed by atoms with E-state index in [0.717, 1.165) is 43.0 Å². The Morgan fingerprint density at radius 2 is 2.19 bits per heavy atom. The first-order chi connectivity index (χ1) is 10.1. The molecule has 0 bridgehead atoms. The van der Waals surface area contributed by atoms with Crippen molar-refractivity contribution in [2.75, 3.05) is 25.4 Å². The Kier molecular flexibility index (Phi) is 7.01. The maximum Gasteiger partial charge on any atom is 0.250 e. The summed E-state index contributed by atoms with van der Waals surface area (Å²) >= 11 is 3.25. The van der Waals surface area contributed by atoms with Crippen LogP contribution in [-0.2, 0) is 16.4 Å². The third-order valence-corrected chi connectivity index (χ3v) is 7.86. The van der Waals surface area contributed by atoms with Gasteiger partial charge in [-0.2, -0.15) is 11.8 Å². The molecule has 1 aromatic heterocycles. The van der Waals surface area contributed by atoms with E-state index < -0.39 is 10.0 Å². The third-order valence-electron chi connectivity index (χ3n) is 3.40. The van der Waals surface area contributed by atoms with Crippen molar-refractivity contribution >= 4 is 33.1 Å². The fourth-order valence-electron chi connectivity index (χ4n) is 2.23. The van der Waals surface area contributed by atoms with Gasteiger partial charge in [-0.05, 0) is 56.7 Å². The lowest BCUT2D eigenvalue weighted by atomic mass is 10.2. The summed E-state index contributed by atoms with van der Waals surface area (Å²) in [5, 5.41) is 3.77. The first kappa shape index (κ1) is 17.3. The van der Waals surface area contributed by atoms with Gasteiger partial charge in [0.1, 0.15) is 4.21 Å². The summed E-state index contributed by atoms with van der Waals surface area (Å²) in [7, 11) is -3.33. The molecule has 2 N–H and O–H groups in total. The van der Waals surface area contributed by atoms with Crippen molar-refractivity contribution in [3.8, 4) is 0 Å². The largest absolute Gasteiger partial charge is 0.316 e. The highest BCUT2D eigenvalue weighted by molar-refractivity contribution is 8.00. The monoisotopic (exact) mass is 348 g/mol. The van der Waals surface area contributed by atoms with E-state index in [2.05, 4.69) is 17.0 Å². The Balaban J connectivity index is 1.83. The molecule has 0 aliphatic carbocycles. The summed E-state index contributed by atoms with van der Waals surface area (Å²) in [5.41, 5.74) is 0. The summed E-state index contributed by atoms with van der Waals surface area (Å²) in [5.74, 6) is 1.15. The van der Waals surface area contributed by atoms with E-state index in [4.69, 9.17) is 0 Å². The number of thiophene rings is 1. The highest BCUT2D eigenvalue weighted by Gasteiger charge is 2.21. The molecule has 0 radical (unpaired) electrons. The lowest BCUT2D eigenvalue weighted by molar-refractivity contribution is 0.581. The number of rotatable bonds is 9. The standard InChI is InChI=1S/C14H24N2O2S3/c1-2-8-15-9-7-12-5-6-14(20-12)21(17,18)16-11-13-4-3-10-19-13/h5-6,13,15-16H,2-4,7-11H2,1H3. The molecule has 0 spiro atoms. The Morgan fingerprint density at radius 1 is 1.33 bits per heavy atom. The minimum atomic E-state index is -3.33. The van der Waals surface area contributed by atoms with Crippen LogP contribution in [0.15, 0.2) is 16.3 Å². The van der Waals surface area contributed by atoms with Gasteiger partial charge in [-0.3, -0.25) is 0 Å². The van der Waals surface area contributed by atoms with E-state index in [-0.39, 0.29) is 0 Å². The van der Waals surface area contributed by atoms with E-state index in [1.165, 1.54) is 17.8 Å². The first-order valence-electron chi connectivity index (χ1n) is 7.52. The number of hydrogen-bond donors (Lipinski definition) is 2. The smallest absolute Gasteiger partial charge is 0.250 e. The van der Waals surface area contributed by atoms with Crippen LogP contribution < -0.4 is 10.0 Å². The molecule has 0 amide bonds. The molecule has 1 fully saturated rings. The zero-order chi connectivity index (χ0) is 15.1. The Morgan fingerprint density at radius 3 is 2.90 bits per heavy atom. The van der Waals surface area contributed by atoms with Crippen molar-refractivity contribution in [3.05, 3.63) is 17.0 Å². The van der Waals surface area contributed by atoms with Crippen LogP contribution in [0.1, 0.15) is 31.1 Å². The van der Waals surface area contributed by atoms with Crippen LogP contribution in [0, 0.1) is 0 Å². The molecular formula is C14H24N2O2S3. The molecule has 2 rings (SSSR count). The molecule has 1 aromatic rings. The molecule has 21 heavy (non-hydrogen) atoms. The number of thioether (sulfide) groups is 1. The Labute approximate surface area is 136 Å². The van der Waals surface area contributed by atoms with E-state index in [1.807, 2.05) is 17.8 Å². The maximum absolute atomic E-state index is 12.3. The summed E-state index contributed by atoms with van der Waals surface area (Å²) < 4.78 is 27.7. The molecule has 0 aromatic carbocycles. The normalized spacial score (nSPS) is 19.2. The Hall–Kier alpha value is -0.0800. The molecule has 120 valence electrons. The van der Waals surface area contributed by atoms with Gasteiger partial charge >= 0.3 is 0 Å². The average molecular weight is 349 g/mol. The molecule has 1 aliphatic rings. The van der Waals surface area contributed by atoms with Crippen LogP contribution in [-0.4, -0.2) is 39.1 Å². The van der Waals surface area contributed by atoms with E-state index in [0.29, 0.717) is 16.0 Å². The number of hydrogen-bond acceptors (Lipinski definition) is 5. The van der Waals surface area contributed by atoms with Crippen LogP contribution in [0.4, 0.5) is 0 Å². The van der Waals surface area contributed by atoms with Gasteiger partial charge in [-0.15, -0.1) is 11.3 Å². The van der Waals surface area contributed by atoms with Gasteiger partial charge in [-0.25, -0.2) is 13.1 Å². The van der Waals surface area contributed by atoms with E-state index in [1.54, 1.807) is 6.07 Å². The molecule has 4 nitrogen and oxygen atoms in total. The van der Waals surface area contributed by atoms with Crippen molar-refractivity contribution in [1.82, 2.24) is 10.0 Å². The number of sulfonamides is 1. The summed E-state index contributed by atoms with van der Waals surface area (Å²) in [4.78, 5) is 1.12. The van der Waals surface area contributed by atoms with Crippen molar-refractivity contribution < 1.29 is 8.42 Å². The quantitative estimate of drug-likeness (QED) is 0.673. The highest BCUT2D eigenvalue weighted by atomic mass is 32.2. The summed E-state index contributed by atoms with van der Waals surface area (Å²) in [6.07, 6.45) is 4.32. The second-order valence-electron chi connectivity index (χ2n) is 5.21. The van der Waals surface area contributed by atoms with Gasteiger partial charge in [0.15, 0.2) is 0 Å². The highest BCUT2D eigenvalue weighted by Crippen LogP contribution is 2.26. The molecule has 7 heteroatoms. The summed E-state index contributed by atoms with van der Waals surface area (Å²) in [6.45, 7) is 4.60. The third kappa shape index (κ3) is 5.56. The maximum atomic E-state index is 12.3. The topological polar surface area (TPSA) is 58.2 Å². The lowest BCUT2D eigenvalue weighted by Crippen LogP contribution is -2.29. The van der Waals surface area contributed by atoms with Crippen LogP contribution in [0.3, 0.4) is 0 Å². The van der Waals surface area contributed by atoms with Gasteiger partial charge in [0, 0.05) is 16.7 Å². The van der Waals surface area contributed by atoms with Crippen molar-refractivity contribution in [1.29, 1.82) is 0 Å². The van der Waals surface area contributed by atoms with Crippen molar-refractivity contribution in [2.24, 2.45) is 0 Å². The molecule has 1 atom stereocenters. The minimum absolute atomic E-state index is 0.441. The Bertz CT molecular complexity index is 522. The van der Waals surface area contributed by atoms with Gasteiger partial charge < -0.3 is 5.32 Å². The fourth-order valence-corrected chi connectivity index (χ4v) is 6.02. The van der Waals surface area contributed by atoms with Gasteiger partial charge in [0.05, 0.1) is 0 Å². The fraction of sp³-hybridized carbons (Fsp3) is 0.714. The number of nitrogens with one attached hydrogen (secondary N) is 2. The zero-order valence-electron chi connectivity index (χ0n) is 12.4. The van der Waals surface area contributed by atoms with Crippen LogP contribution >= 0.6 is 23.1 Å². The van der Waals surface area contributed by atoms with Crippen molar-refractivity contribution in [3.63, 3.8) is 0 Å². The van der Waals surface area contributed by atoms with Crippen LogP contribution in [0.25, 0.3) is 0 Å². The predicted molar refractivity (Wildman–Crippen MR) is 91.9 cm³/mol. The van der Waals surface area contributed by atoms with Gasteiger partial charge in [0.25, 0.3) is 0 Å². The lowest BCUT2D eigenvalue weighted by Gasteiger charge is -2.09. The minimum Gasteiger partial charge on any atom is -0.316 e. The molecule has 1 saturated heterocycles. The zero-order valence-corrected chi connectivity index (χ0v) is 14.9. The van der Waals surface area contributed by atoms with Crippen LogP contribution in [0.2, 0.25) is 0 Å². The second kappa shape index (κ2) is 8.53. The predicted octanol–water partition coefficient (Wildman–Crippen LogP) is 2.46. The first-order valence-corrected chi connectivity index (χ1v) is 10.9. The SMILES string of the molecule is CCCNCCc1ccc(S(=O)(=O)NCC2CCCS2)s1. The summed E-state index contributed by atoms with van der Waals surface area (Å²) in [6, 6.07) is 3.65. The average Bonchev–Trinajstić information content (AvgIpc) is 3.13. The molecule has 1 unspecified atom stereocenters. The van der Waals surface area contributed by atoms with Gasteiger partial charge in [0.2, 0.25) is 10.0 Å². The van der Waals surface area contributed by atoms with E-state index >= 15 is 0 Å². The second-order valence-corrected chi connectivity index (χ2v) is 9.78.